The Morgan fingerprint density at radius 1 is 1.00 bits per heavy atom. The minimum Gasteiger partial charge on any atom is 0 e. The topological polar surface area (TPSA) is 0 Å². The van der Waals surface area contributed by atoms with Crippen molar-refractivity contribution in [3.05, 3.63) is 0 Å². The Balaban J connectivity index is 0. The van der Waals surface area contributed by atoms with Gasteiger partial charge in [0, 0.05) is 109 Å². The van der Waals surface area contributed by atoms with Gasteiger partial charge in [-0.15, -0.1) is 0 Å². The first-order chi connectivity index (χ1) is 0. The molecule has 0 saturated heterocycles. The van der Waals surface area contributed by atoms with Gasteiger partial charge in [0.05, 0.1) is 0 Å². The van der Waals surface area contributed by atoms with Crippen molar-refractivity contribution in [3.8, 4) is 0 Å². The first-order valence-corrected chi connectivity index (χ1v) is 0. The van der Waals surface area contributed by atoms with Crippen LogP contribution in [0.25, 0.3) is 0 Å². The Labute approximate surface area is 131 Å². The second kappa shape index (κ2) is 15.6. The summed E-state index contributed by atoms with van der Waals surface area (Å²) >= 11 is 0. The van der Waals surface area contributed by atoms with E-state index in [4.69, 9.17) is 0 Å². The van der Waals surface area contributed by atoms with E-state index in [0.29, 0.717) is 0 Å². The van der Waals surface area contributed by atoms with Crippen LogP contribution >= 0.6 is 0 Å². The predicted octanol–water partition coefficient (Wildman–Crippen LogP) is -1.18. The Hall–Kier alpha value is 4.52. The average Bonchev–Trinajstić information content (AvgIpc) is 0. The smallest absolute Gasteiger partial charge is 0 e. The molecule has 1 radical (unpaired) electrons. The molecule has 0 atom stereocenters. The van der Waals surface area contributed by atoms with Crippen LogP contribution in [0.5, 0.6) is 0 Å². The summed E-state index contributed by atoms with van der Waals surface area (Å²) in [7, 11) is 0. The van der Waals surface area contributed by atoms with Crippen LogP contribution in [0.3, 0.4) is 0 Å². The van der Waals surface area contributed by atoms with Crippen LogP contribution in [0.2, 0.25) is 0 Å². The summed E-state index contributed by atoms with van der Waals surface area (Å²) in [6.07, 6.45) is 0. The third-order valence-electron chi connectivity index (χ3n) is 0. The van der Waals surface area contributed by atoms with E-state index in [9.17, 15) is 0 Å². The van der Waals surface area contributed by atoms with Gasteiger partial charge in [-0.1, -0.05) is 0 Å². The minimum atomic E-state index is 0. The Morgan fingerprint density at radius 3 is 1.00 bits per heavy atom. The van der Waals surface area contributed by atoms with Crippen molar-refractivity contribution in [2.24, 2.45) is 0 Å². The Kier molecular flexibility index (Phi) is 92.3. The molecule has 0 spiro atoms. The third-order valence-corrected chi connectivity index (χ3v) is 0. The second-order valence-corrected chi connectivity index (χ2v) is 0. The monoisotopic (exact) mass is 847 g/mol. The summed E-state index contributed by atoms with van der Waals surface area (Å²) in [4.78, 5) is 0. The molecule has 0 unspecified atom stereocenters. The van der Waals surface area contributed by atoms with Crippen LogP contribution in [0, 0.1) is 109 Å². The maximum atomic E-state index is 0. The van der Waals surface area contributed by atoms with Crippen molar-refractivity contribution in [1.29, 1.82) is 0 Å². The molecule has 0 aliphatic heterocycles. The van der Waals surface area contributed by atoms with Crippen molar-refractivity contribution in [1.82, 2.24) is 0 Å². The van der Waals surface area contributed by atoms with Gasteiger partial charge in [0.2, 0.25) is 0 Å². The number of hydrogen-bond acceptors (Lipinski definition) is 0. The molecule has 0 nitrogen and oxygen atoms in total. The summed E-state index contributed by atoms with van der Waals surface area (Å²) in [5.74, 6) is 0. The second-order valence-electron chi connectivity index (χ2n) is 0. The van der Waals surface area contributed by atoms with Gasteiger partial charge in [-0.2, -0.15) is 0 Å². The van der Waals surface area contributed by atoms with Gasteiger partial charge in [-0.3, -0.25) is 0 Å². The summed E-state index contributed by atoms with van der Waals surface area (Å²) in [5.41, 5.74) is 0. The fraction of sp³-hybridized carbons (Fsp3) is 0. The van der Waals surface area contributed by atoms with Crippen LogP contribution in [0.1, 0.15) is 0 Å². The Bertz CT molecular complexity index is 8.00. The zero-order chi connectivity index (χ0) is 0. The fourth-order valence-electron chi connectivity index (χ4n) is 0. The molecule has 0 aromatic carbocycles. The van der Waals surface area contributed by atoms with E-state index in [0.717, 1.165) is 0 Å². The van der Waals surface area contributed by atoms with Crippen molar-refractivity contribution >= 4 is 26.2 Å². The number of hydrogen-bond donors (Lipinski definition) is 0. The van der Waals surface area contributed by atoms with Gasteiger partial charge in [0.15, 0.2) is 0 Å². The van der Waals surface area contributed by atoms with E-state index in [1.54, 1.807) is 0 Å². The van der Waals surface area contributed by atoms with Gasteiger partial charge in [0.25, 0.3) is 0 Å². The maximum Gasteiger partial charge on any atom is 0 e. The van der Waals surface area contributed by atoms with Crippen LogP contribution < -0.4 is 0 Å². The molecular weight excluding hydrogens is 844 g/mol. The van der Waals surface area contributed by atoms with Crippen LogP contribution in [-0.2, 0) is 0 Å². The quantitative estimate of drug-likeness (QED) is 0.270. The standard InChI is InChI=1S/Bi.Ho.Th.U.3H. The summed E-state index contributed by atoms with van der Waals surface area (Å²) < 4.78 is 0. The fourth-order valence-corrected chi connectivity index (χ4v) is 0. The number of rotatable bonds is 0. The molecule has 4 heavy (non-hydrogen) atoms. The van der Waals surface area contributed by atoms with E-state index >= 15 is 0 Å². The van der Waals surface area contributed by atoms with E-state index in [1.165, 1.54) is 0 Å². The van der Waals surface area contributed by atoms with Gasteiger partial charge >= 0.3 is 26.2 Å². The van der Waals surface area contributed by atoms with E-state index in [-0.39, 0.29) is 135 Å². The largest absolute Gasteiger partial charge is 0 e. The molecule has 0 aliphatic rings. The molecule has 0 amide bonds. The van der Waals surface area contributed by atoms with Crippen LogP contribution in [0.4, 0.5) is 0 Å². The molecule has 0 aliphatic carbocycles. The maximum absolute atomic E-state index is 0. The van der Waals surface area contributed by atoms with Crippen molar-refractivity contribution < 1.29 is 109 Å². The van der Waals surface area contributed by atoms with Gasteiger partial charge in [0.1, 0.15) is 0 Å². The first kappa shape index (κ1) is 23.6. The molecule has 27 valence electrons. The molecule has 0 saturated carbocycles. The van der Waals surface area contributed by atoms with Gasteiger partial charge < -0.3 is 0 Å². The molecule has 0 N–H and O–H groups in total. The summed E-state index contributed by atoms with van der Waals surface area (Å²) in [6, 6.07) is 0. The van der Waals surface area contributed by atoms with Gasteiger partial charge in [-0.25, -0.2) is 0 Å². The van der Waals surface area contributed by atoms with Crippen LogP contribution in [-0.4, -0.2) is 26.2 Å². The molecule has 0 rings (SSSR count). The SMILES string of the molecule is [BiH3].[Ho].[Th].[U]. The molecule has 0 heterocycles. The van der Waals surface area contributed by atoms with E-state index in [2.05, 4.69) is 0 Å². The zero-order valence-corrected chi connectivity index (χ0v) is 17.7. The summed E-state index contributed by atoms with van der Waals surface area (Å²) in [6.45, 7) is 0. The average molecular weight is 847 g/mol. The van der Waals surface area contributed by atoms with E-state index < -0.39 is 0 Å². The Morgan fingerprint density at radius 2 is 1.00 bits per heavy atom. The zero-order valence-electron chi connectivity index (χ0n) is 2.01. The summed E-state index contributed by atoms with van der Waals surface area (Å²) in [5, 5.41) is 0. The van der Waals surface area contributed by atoms with Gasteiger partial charge in [-0.05, 0) is 0 Å². The first-order valence-electron chi connectivity index (χ1n) is 0. The molecule has 0 fully saturated rings. The normalized spacial score (nSPS) is 0. The minimum absolute atomic E-state index is 0. The molecule has 4 heteroatoms. The molecular formula is H3BiHoThU. The predicted molar refractivity (Wildman–Crippen MR) is 9.94 cm³/mol. The van der Waals surface area contributed by atoms with Crippen molar-refractivity contribution in [3.63, 3.8) is 0 Å². The van der Waals surface area contributed by atoms with Crippen LogP contribution in [0.15, 0.2) is 0 Å². The molecule has 0 bridgehead atoms. The van der Waals surface area contributed by atoms with E-state index in [1.807, 2.05) is 0 Å². The van der Waals surface area contributed by atoms with Crippen molar-refractivity contribution in [2.75, 3.05) is 0 Å². The third kappa shape index (κ3) is 9.72. The van der Waals surface area contributed by atoms with Crippen molar-refractivity contribution in [2.45, 2.75) is 0 Å². The molecule has 0 aromatic rings. The molecule has 0 aromatic heterocycles.